The van der Waals surface area contributed by atoms with Gasteiger partial charge in [0, 0.05) is 11.1 Å². The average molecular weight is 458 g/mol. The van der Waals surface area contributed by atoms with E-state index in [1.165, 1.54) is 26.5 Å². The first kappa shape index (κ1) is 25.5. The van der Waals surface area contributed by atoms with Crippen LogP contribution in [0, 0.1) is 0 Å². The lowest BCUT2D eigenvalue weighted by molar-refractivity contribution is -0.120. The van der Waals surface area contributed by atoms with Crippen LogP contribution < -0.4 is 29.7 Å². The van der Waals surface area contributed by atoms with Gasteiger partial charge in [0.2, 0.25) is 0 Å². The molecule has 0 bridgehead atoms. The van der Waals surface area contributed by atoms with Gasteiger partial charge in [0.25, 0.3) is 11.8 Å². The normalized spacial score (nSPS) is 10.5. The molecule has 0 saturated carbocycles. The van der Waals surface area contributed by atoms with E-state index in [1.807, 2.05) is 12.1 Å². The summed E-state index contributed by atoms with van der Waals surface area (Å²) in [6, 6.07) is 10.2. The molecule has 2 N–H and O–H groups in total. The van der Waals surface area contributed by atoms with Crippen molar-refractivity contribution in [1.29, 1.82) is 0 Å². The molecule has 0 unspecified atom stereocenters. The topological polar surface area (TPSA) is 107 Å². The second-order valence-electron chi connectivity index (χ2n) is 6.98. The molecule has 178 valence electrons. The van der Waals surface area contributed by atoms with Crippen molar-refractivity contribution in [3.05, 3.63) is 47.5 Å². The highest BCUT2D eigenvalue weighted by Crippen LogP contribution is 2.30. The summed E-state index contributed by atoms with van der Waals surface area (Å²) >= 11 is 0. The number of methoxy groups -OCH3 is 3. The van der Waals surface area contributed by atoms with E-state index in [0.29, 0.717) is 40.7 Å². The molecule has 0 aromatic heterocycles. The second-order valence-corrected chi connectivity index (χ2v) is 6.98. The largest absolute Gasteiger partial charge is 0.493 e. The predicted molar refractivity (Wildman–Crippen MR) is 126 cm³/mol. The maximum atomic E-state index is 12.3. The lowest BCUT2D eigenvalue weighted by atomic mass is 10.2. The van der Waals surface area contributed by atoms with Crippen molar-refractivity contribution in [2.75, 3.05) is 34.5 Å². The monoisotopic (exact) mass is 457 g/mol. The second kappa shape index (κ2) is 13.6. The Labute approximate surface area is 194 Å². The lowest BCUT2D eigenvalue weighted by Gasteiger charge is -2.13. The highest BCUT2D eigenvalue weighted by molar-refractivity contribution is 5.97. The molecule has 2 amide bonds. The van der Waals surface area contributed by atoms with Gasteiger partial charge >= 0.3 is 0 Å². The third kappa shape index (κ3) is 7.71. The quantitative estimate of drug-likeness (QED) is 0.272. The number of para-hydroxylation sites is 1. The fraction of sp³-hybridized carbons (Fsp3) is 0.375. The molecule has 0 atom stereocenters. The summed E-state index contributed by atoms with van der Waals surface area (Å²) in [5, 5.41) is 6.51. The molecule has 0 aliphatic carbocycles. The third-order valence-electron chi connectivity index (χ3n) is 4.67. The zero-order valence-electron chi connectivity index (χ0n) is 19.5. The van der Waals surface area contributed by atoms with E-state index >= 15 is 0 Å². The van der Waals surface area contributed by atoms with Gasteiger partial charge in [-0.05, 0) is 36.8 Å². The number of nitrogens with zero attached hydrogens (tertiary/aromatic N) is 1. The minimum absolute atomic E-state index is 0.247. The zero-order chi connectivity index (χ0) is 24.1. The van der Waals surface area contributed by atoms with E-state index in [1.54, 1.807) is 25.3 Å². The van der Waals surface area contributed by atoms with Crippen LogP contribution in [-0.2, 0) is 4.79 Å². The van der Waals surface area contributed by atoms with Crippen LogP contribution in [0.5, 0.6) is 23.0 Å². The molecular formula is C24H31N3O6. The highest BCUT2D eigenvalue weighted by Gasteiger charge is 2.12. The van der Waals surface area contributed by atoms with E-state index in [4.69, 9.17) is 18.9 Å². The van der Waals surface area contributed by atoms with E-state index < -0.39 is 11.8 Å². The fourth-order valence-corrected chi connectivity index (χ4v) is 2.93. The van der Waals surface area contributed by atoms with Gasteiger partial charge in [-0.3, -0.25) is 9.59 Å². The van der Waals surface area contributed by atoms with E-state index in [-0.39, 0.29) is 6.54 Å². The number of hydrazone groups is 1. The summed E-state index contributed by atoms with van der Waals surface area (Å²) in [6.45, 7) is 2.44. The van der Waals surface area contributed by atoms with Crippen molar-refractivity contribution in [2.45, 2.75) is 26.2 Å². The molecule has 0 aliphatic heterocycles. The minimum Gasteiger partial charge on any atom is -0.493 e. The van der Waals surface area contributed by atoms with Crippen LogP contribution in [0.3, 0.4) is 0 Å². The maximum Gasteiger partial charge on any atom is 0.259 e. The summed E-state index contributed by atoms with van der Waals surface area (Å²) < 4.78 is 21.6. The predicted octanol–water partition coefficient (Wildman–Crippen LogP) is 3.16. The molecule has 9 nitrogen and oxygen atoms in total. The van der Waals surface area contributed by atoms with E-state index in [0.717, 1.165) is 19.3 Å². The van der Waals surface area contributed by atoms with Crippen LogP contribution in [0.2, 0.25) is 0 Å². The van der Waals surface area contributed by atoms with Gasteiger partial charge in [-0.15, -0.1) is 0 Å². The number of carbonyl (C=O) groups excluding carboxylic acids is 2. The van der Waals surface area contributed by atoms with E-state index in [9.17, 15) is 9.59 Å². The number of carbonyl (C=O) groups is 2. The molecule has 0 spiro atoms. The maximum absolute atomic E-state index is 12.3. The van der Waals surface area contributed by atoms with Crippen molar-refractivity contribution < 1.29 is 28.5 Å². The van der Waals surface area contributed by atoms with Gasteiger partial charge in [0.15, 0.2) is 23.0 Å². The molecule has 9 heteroatoms. The third-order valence-corrected chi connectivity index (χ3v) is 4.67. The summed E-state index contributed by atoms with van der Waals surface area (Å²) in [7, 11) is 4.56. The van der Waals surface area contributed by atoms with Gasteiger partial charge in [0.05, 0.1) is 40.7 Å². The Kier molecular flexibility index (Phi) is 10.5. The van der Waals surface area contributed by atoms with Crippen molar-refractivity contribution >= 4 is 18.0 Å². The molecule has 0 aliphatic rings. The van der Waals surface area contributed by atoms with Crippen LogP contribution in [0.4, 0.5) is 0 Å². The van der Waals surface area contributed by atoms with Crippen LogP contribution >= 0.6 is 0 Å². The fourth-order valence-electron chi connectivity index (χ4n) is 2.93. The summed E-state index contributed by atoms with van der Waals surface area (Å²) in [6.07, 6.45) is 4.58. The summed E-state index contributed by atoms with van der Waals surface area (Å²) in [4.78, 5) is 24.4. The standard InChI is InChI=1S/C24H31N3O6/c1-5-6-7-13-33-23-18(9-8-10-20(23)31-3)15-26-27-22(28)16-25-24(29)17-11-12-19(30-2)21(14-17)32-4/h8-12,14-15H,5-7,13,16H2,1-4H3,(H,25,29)(H,27,28)/b26-15+. The first-order valence-corrected chi connectivity index (χ1v) is 10.7. The number of unbranched alkanes of at least 4 members (excludes halogenated alkanes) is 2. The number of amides is 2. The Morgan fingerprint density at radius 2 is 1.73 bits per heavy atom. The van der Waals surface area contributed by atoms with Gasteiger partial charge < -0.3 is 24.3 Å². The summed E-state index contributed by atoms with van der Waals surface area (Å²) in [5.74, 6) is 1.18. The molecule has 0 fully saturated rings. The number of rotatable bonds is 13. The summed E-state index contributed by atoms with van der Waals surface area (Å²) in [5.41, 5.74) is 3.40. The number of ether oxygens (including phenoxy) is 4. The van der Waals surface area contributed by atoms with Gasteiger partial charge in [-0.1, -0.05) is 25.8 Å². The number of nitrogens with one attached hydrogen (secondary N) is 2. The average Bonchev–Trinajstić information content (AvgIpc) is 2.85. The molecule has 2 aromatic rings. The first-order valence-electron chi connectivity index (χ1n) is 10.7. The van der Waals surface area contributed by atoms with Crippen molar-refractivity contribution in [1.82, 2.24) is 10.7 Å². The van der Waals surface area contributed by atoms with Crippen LogP contribution in [-0.4, -0.2) is 52.5 Å². The van der Waals surface area contributed by atoms with Crippen molar-refractivity contribution in [3.63, 3.8) is 0 Å². The number of hydrogen-bond acceptors (Lipinski definition) is 7. The number of benzene rings is 2. The Morgan fingerprint density at radius 1 is 0.970 bits per heavy atom. The van der Waals surface area contributed by atoms with Crippen LogP contribution in [0.25, 0.3) is 0 Å². The molecule has 0 heterocycles. The highest BCUT2D eigenvalue weighted by atomic mass is 16.5. The van der Waals surface area contributed by atoms with Crippen molar-refractivity contribution in [3.8, 4) is 23.0 Å². The molecule has 0 saturated heterocycles. The Bertz CT molecular complexity index is 961. The Hall–Kier alpha value is -3.75. The van der Waals surface area contributed by atoms with E-state index in [2.05, 4.69) is 22.8 Å². The van der Waals surface area contributed by atoms with Gasteiger partial charge in [-0.2, -0.15) is 5.10 Å². The molecule has 2 aromatic carbocycles. The molecule has 33 heavy (non-hydrogen) atoms. The molecular weight excluding hydrogens is 426 g/mol. The van der Waals surface area contributed by atoms with Gasteiger partial charge in [-0.25, -0.2) is 5.43 Å². The zero-order valence-corrected chi connectivity index (χ0v) is 19.5. The van der Waals surface area contributed by atoms with Gasteiger partial charge in [0.1, 0.15) is 0 Å². The molecule has 0 radical (unpaired) electrons. The minimum atomic E-state index is -0.478. The smallest absolute Gasteiger partial charge is 0.259 e. The SMILES string of the molecule is CCCCCOc1c(/C=N/NC(=O)CNC(=O)c2ccc(OC)c(OC)c2)cccc1OC. The first-order chi connectivity index (χ1) is 16.0. The molecule has 2 rings (SSSR count). The van der Waals surface area contributed by atoms with Crippen LogP contribution in [0.1, 0.15) is 42.1 Å². The number of hydrogen-bond donors (Lipinski definition) is 2. The van der Waals surface area contributed by atoms with Crippen molar-refractivity contribution in [2.24, 2.45) is 5.10 Å². The Morgan fingerprint density at radius 3 is 2.42 bits per heavy atom. The lowest BCUT2D eigenvalue weighted by Crippen LogP contribution is -2.34. The Balaban J connectivity index is 1.93. The van der Waals surface area contributed by atoms with Crippen LogP contribution in [0.15, 0.2) is 41.5 Å².